The minimum atomic E-state index is -0.714. The molecule has 1 atom stereocenters. The molecule has 2 rings (SSSR count). The van der Waals surface area contributed by atoms with Gasteiger partial charge in [-0.15, -0.1) is 5.10 Å². The van der Waals surface area contributed by atoms with E-state index < -0.39 is 5.97 Å². The second kappa shape index (κ2) is 2.82. The molecule has 1 aliphatic carbocycles. The third kappa shape index (κ3) is 1.20. The van der Waals surface area contributed by atoms with E-state index in [-0.39, 0.29) is 5.92 Å². The van der Waals surface area contributed by atoms with Crippen molar-refractivity contribution in [3.8, 4) is 0 Å². The summed E-state index contributed by atoms with van der Waals surface area (Å²) in [6.07, 6.45) is 2.11. The van der Waals surface area contributed by atoms with Gasteiger partial charge in [0.2, 0.25) is 0 Å². The van der Waals surface area contributed by atoms with Crippen molar-refractivity contribution >= 4 is 17.5 Å². The van der Waals surface area contributed by atoms with Crippen LogP contribution in [0.2, 0.25) is 0 Å². The first kappa shape index (κ1) is 7.67. The molecule has 1 aromatic rings. The highest BCUT2D eigenvalue weighted by molar-refractivity contribution is 7.05. The van der Waals surface area contributed by atoms with Crippen LogP contribution in [0.3, 0.4) is 0 Å². The highest BCUT2D eigenvalue weighted by Crippen LogP contribution is 2.25. The fourth-order valence-electron chi connectivity index (χ4n) is 1.42. The fourth-order valence-corrected chi connectivity index (χ4v) is 2.10. The van der Waals surface area contributed by atoms with Crippen molar-refractivity contribution in [3.05, 3.63) is 10.6 Å². The Kier molecular flexibility index (Phi) is 1.80. The Morgan fingerprint density at radius 2 is 2.50 bits per heavy atom. The van der Waals surface area contributed by atoms with Gasteiger partial charge in [-0.3, -0.25) is 4.79 Å². The lowest BCUT2D eigenvalue weighted by Crippen LogP contribution is -2.21. The lowest BCUT2D eigenvalue weighted by Gasteiger charge is -2.15. The van der Waals surface area contributed by atoms with E-state index in [1.165, 1.54) is 11.5 Å². The Balaban J connectivity index is 2.20. The largest absolute Gasteiger partial charge is 0.481 e. The highest BCUT2D eigenvalue weighted by Gasteiger charge is 2.26. The fraction of sp³-hybridized carbons (Fsp3) is 0.571. The van der Waals surface area contributed by atoms with E-state index in [1.54, 1.807) is 0 Å². The zero-order valence-electron chi connectivity index (χ0n) is 6.36. The molecule has 12 heavy (non-hydrogen) atoms. The molecule has 64 valence electrons. The average molecular weight is 184 g/mol. The molecule has 1 aromatic heterocycles. The number of aliphatic carboxylic acids is 1. The Hall–Kier alpha value is -0.970. The van der Waals surface area contributed by atoms with Gasteiger partial charge in [-0.25, -0.2) is 0 Å². The smallest absolute Gasteiger partial charge is 0.306 e. The third-order valence-electron chi connectivity index (χ3n) is 2.14. The van der Waals surface area contributed by atoms with Crippen molar-refractivity contribution < 1.29 is 9.90 Å². The summed E-state index contributed by atoms with van der Waals surface area (Å²) in [6, 6.07) is 0. The van der Waals surface area contributed by atoms with E-state index >= 15 is 0 Å². The Bertz CT molecular complexity index is 310. The maximum atomic E-state index is 10.6. The summed E-state index contributed by atoms with van der Waals surface area (Å²) >= 11 is 1.39. The molecule has 0 fully saturated rings. The van der Waals surface area contributed by atoms with Crippen molar-refractivity contribution in [2.75, 3.05) is 0 Å². The lowest BCUT2D eigenvalue weighted by atomic mass is 9.91. The van der Waals surface area contributed by atoms with E-state index in [0.717, 1.165) is 23.4 Å². The molecule has 0 unspecified atom stereocenters. The van der Waals surface area contributed by atoms with Gasteiger partial charge in [0.25, 0.3) is 0 Å². The molecule has 4 nitrogen and oxygen atoms in total. The van der Waals surface area contributed by atoms with E-state index in [0.29, 0.717) is 6.42 Å². The maximum Gasteiger partial charge on any atom is 0.306 e. The predicted octanol–water partition coefficient (Wildman–Crippen LogP) is 0.728. The van der Waals surface area contributed by atoms with Crippen LogP contribution < -0.4 is 0 Å². The molecule has 0 bridgehead atoms. The minimum Gasteiger partial charge on any atom is -0.481 e. The SMILES string of the molecule is O=C(O)[C@H]1CCc2snnc2C1. The first-order chi connectivity index (χ1) is 5.77. The molecule has 0 radical (unpaired) electrons. The first-order valence-corrected chi connectivity index (χ1v) is 4.57. The van der Waals surface area contributed by atoms with Crippen LogP contribution >= 0.6 is 11.5 Å². The number of hydrogen-bond acceptors (Lipinski definition) is 4. The Labute approximate surface area is 73.4 Å². The Morgan fingerprint density at radius 1 is 1.67 bits per heavy atom. The van der Waals surface area contributed by atoms with Crippen LogP contribution in [0.25, 0.3) is 0 Å². The van der Waals surface area contributed by atoms with Crippen LogP contribution in [0.15, 0.2) is 0 Å². The summed E-state index contributed by atoms with van der Waals surface area (Å²) in [7, 11) is 0. The summed E-state index contributed by atoms with van der Waals surface area (Å²) in [4.78, 5) is 11.8. The summed E-state index contributed by atoms with van der Waals surface area (Å²) < 4.78 is 3.80. The van der Waals surface area contributed by atoms with E-state index in [1.807, 2.05) is 0 Å². The minimum absolute atomic E-state index is 0.249. The maximum absolute atomic E-state index is 10.6. The quantitative estimate of drug-likeness (QED) is 0.698. The molecule has 0 saturated heterocycles. The van der Waals surface area contributed by atoms with Crippen molar-refractivity contribution in [1.29, 1.82) is 0 Å². The van der Waals surface area contributed by atoms with Gasteiger partial charge in [0.15, 0.2) is 0 Å². The number of hydrogen-bond donors (Lipinski definition) is 1. The van der Waals surface area contributed by atoms with Crippen LogP contribution in [-0.2, 0) is 17.6 Å². The molecule has 0 saturated carbocycles. The van der Waals surface area contributed by atoms with E-state index in [4.69, 9.17) is 5.11 Å². The summed E-state index contributed by atoms with van der Waals surface area (Å²) in [5.41, 5.74) is 0.888. The van der Waals surface area contributed by atoms with Gasteiger partial charge in [0, 0.05) is 11.3 Å². The number of nitrogens with zero attached hydrogens (tertiary/aromatic N) is 2. The van der Waals surface area contributed by atoms with Gasteiger partial charge < -0.3 is 5.11 Å². The van der Waals surface area contributed by atoms with Crippen LogP contribution in [0.1, 0.15) is 17.0 Å². The lowest BCUT2D eigenvalue weighted by molar-refractivity contribution is -0.142. The van der Waals surface area contributed by atoms with Crippen LogP contribution in [-0.4, -0.2) is 20.7 Å². The normalized spacial score (nSPS) is 21.8. The zero-order valence-corrected chi connectivity index (χ0v) is 7.17. The van der Waals surface area contributed by atoms with E-state index in [9.17, 15) is 4.79 Å². The second-order valence-electron chi connectivity index (χ2n) is 2.92. The van der Waals surface area contributed by atoms with Crippen LogP contribution in [0, 0.1) is 5.92 Å². The van der Waals surface area contributed by atoms with Gasteiger partial charge in [-0.05, 0) is 24.4 Å². The summed E-state index contributed by atoms with van der Waals surface area (Å²) in [6.45, 7) is 0. The topological polar surface area (TPSA) is 63.1 Å². The monoisotopic (exact) mass is 184 g/mol. The number of fused-ring (bicyclic) bond motifs is 1. The molecular weight excluding hydrogens is 176 g/mol. The standard InChI is InChI=1S/C7H8N2O2S/c10-7(11)4-1-2-6-5(3-4)8-9-12-6/h4H,1-3H2,(H,10,11)/t4-/m0/s1. The number of carbonyl (C=O) groups is 1. The van der Waals surface area contributed by atoms with Crippen molar-refractivity contribution in [2.45, 2.75) is 19.3 Å². The molecule has 1 heterocycles. The molecule has 1 N–H and O–H groups in total. The van der Waals surface area contributed by atoms with Crippen molar-refractivity contribution in [2.24, 2.45) is 5.92 Å². The van der Waals surface area contributed by atoms with Crippen molar-refractivity contribution in [3.63, 3.8) is 0 Å². The average Bonchev–Trinajstić information content (AvgIpc) is 2.49. The molecule has 0 amide bonds. The number of carboxylic acids is 1. The zero-order chi connectivity index (χ0) is 8.55. The molecule has 5 heteroatoms. The van der Waals surface area contributed by atoms with E-state index in [2.05, 4.69) is 9.59 Å². The van der Waals surface area contributed by atoms with Gasteiger partial charge in [-0.2, -0.15) is 0 Å². The summed E-state index contributed by atoms with van der Waals surface area (Å²) in [5, 5.41) is 12.7. The molecule has 0 aromatic carbocycles. The number of aryl methyl sites for hydroxylation is 1. The van der Waals surface area contributed by atoms with Gasteiger partial charge in [0.1, 0.15) is 0 Å². The second-order valence-corrected chi connectivity index (χ2v) is 3.76. The van der Waals surface area contributed by atoms with Crippen molar-refractivity contribution in [1.82, 2.24) is 9.59 Å². The van der Waals surface area contributed by atoms with Crippen LogP contribution in [0.4, 0.5) is 0 Å². The third-order valence-corrected chi connectivity index (χ3v) is 2.97. The first-order valence-electron chi connectivity index (χ1n) is 3.80. The van der Waals surface area contributed by atoms with Gasteiger partial charge in [-0.1, -0.05) is 4.49 Å². The molecule has 0 aliphatic heterocycles. The summed E-state index contributed by atoms with van der Waals surface area (Å²) in [5.74, 6) is -0.963. The van der Waals surface area contributed by atoms with Crippen LogP contribution in [0.5, 0.6) is 0 Å². The van der Waals surface area contributed by atoms with Gasteiger partial charge in [0.05, 0.1) is 11.6 Å². The Morgan fingerprint density at radius 3 is 3.25 bits per heavy atom. The number of rotatable bonds is 1. The molecular formula is C7H8N2O2S. The number of carboxylic acid groups (broad SMARTS) is 1. The number of aromatic nitrogens is 2. The van der Waals surface area contributed by atoms with Gasteiger partial charge >= 0.3 is 5.97 Å². The predicted molar refractivity (Wildman–Crippen MR) is 43.1 cm³/mol. The molecule has 1 aliphatic rings. The molecule has 0 spiro atoms. The highest BCUT2D eigenvalue weighted by atomic mass is 32.1.